The van der Waals surface area contributed by atoms with E-state index in [2.05, 4.69) is 33.4 Å². The lowest BCUT2D eigenvalue weighted by atomic mass is 10.3. The largest absolute Gasteiger partial charge is 1.00 e. The van der Waals surface area contributed by atoms with Crippen LogP contribution < -0.4 is 22.3 Å². The molecule has 0 saturated heterocycles. The number of alkyl halides is 1. The van der Waals surface area contributed by atoms with Gasteiger partial charge in [-0.15, -0.1) is 0 Å². The third-order valence-corrected chi connectivity index (χ3v) is 1.59. The molecule has 62 valence electrons. The van der Waals surface area contributed by atoms with Crippen molar-refractivity contribution in [2.24, 2.45) is 0 Å². The maximum Gasteiger partial charge on any atom is 0.0340 e. The molecule has 1 aromatic rings. The summed E-state index contributed by atoms with van der Waals surface area (Å²) in [4.78, 5) is 0. The molecular weight excluding hydrogens is 270 g/mol. The molecule has 0 aromatic heterocycles. The van der Waals surface area contributed by atoms with E-state index >= 15 is 0 Å². The highest BCUT2D eigenvalue weighted by Gasteiger charge is 1.84. The molecule has 0 heterocycles. The highest BCUT2D eigenvalue weighted by Crippen LogP contribution is 2.03. The van der Waals surface area contributed by atoms with Crippen LogP contribution in [0, 0.1) is 0 Å². The van der Waals surface area contributed by atoms with E-state index in [1.165, 1.54) is 5.69 Å². The number of hydrogen-bond acceptors (Lipinski definition) is 1. The van der Waals surface area contributed by atoms with Crippen molar-refractivity contribution in [3.63, 3.8) is 0 Å². The van der Waals surface area contributed by atoms with Crippen molar-refractivity contribution in [2.75, 3.05) is 17.2 Å². The standard InChI is InChI=1S/C8H10BrN.BrH/c9-6-7-10-8-4-2-1-3-5-8;/h1-5,10H,6-7H2;1H/p-1. The van der Waals surface area contributed by atoms with Gasteiger partial charge in [0.25, 0.3) is 0 Å². The third kappa shape index (κ3) is 4.43. The Morgan fingerprint density at radius 2 is 1.82 bits per heavy atom. The summed E-state index contributed by atoms with van der Waals surface area (Å²) in [6, 6.07) is 10.2. The first-order chi connectivity index (χ1) is 4.93. The summed E-state index contributed by atoms with van der Waals surface area (Å²) in [7, 11) is 0. The van der Waals surface area contributed by atoms with E-state index in [-0.39, 0.29) is 17.0 Å². The number of benzene rings is 1. The van der Waals surface area contributed by atoms with Crippen LogP contribution in [0.25, 0.3) is 0 Å². The van der Waals surface area contributed by atoms with Crippen molar-refractivity contribution in [3.05, 3.63) is 30.3 Å². The number of nitrogens with one attached hydrogen (secondary N) is 1. The van der Waals surface area contributed by atoms with E-state index < -0.39 is 0 Å². The smallest absolute Gasteiger partial charge is 0.0340 e. The van der Waals surface area contributed by atoms with E-state index in [9.17, 15) is 0 Å². The van der Waals surface area contributed by atoms with Gasteiger partial charge in [0.05, 0.1) is 0 Å². The molecule has 11 heavy (non-hydrogen) atoms. The molecule has 1 aromatic carbocycles. The quantitative estimate of drug-likeness (QED) is 0.736. The Balaban J connectivity index is 0.000001000. The molecule has 0 saturated carbocycles. The number of anilines is 1. The summed E-state index contributed by atoms with van der Waals surface area (Å²) in [5, 5.41) is 4.24. The van der Waals surface area contributed by atoms with Crippen molar-refractivity contribution in [3.8, 4) is 0 Å². The van der Waals surface area contributed by atoms with E-state index in [0.29, 0.717) is 0 Å². The molecule has 0 radical (unpaired) electrons. The fourth-order valence-corrected chi connectivity index (χ4v) is 0.946. The lowest BCUT2D eigenvalue weighted by Gasteiger charge is -2.01. The third-order valence-electron chi connectivity index (χ3n) is 1.20. The Kier molecular flexibility index (Phi) is 6.66. The van der Waals surface area contributed by atoms with Crippen molar-refractivity contribution < 1.29 is 17.0 Å². The summed E-state index contributed by atoms with van der Waals surface area (Å²) < 4.78 is 0. The zero-order valence-corrected chi connectivity index (χ0v) is 9.23. The van der Waals surface area contributed by atoms with Crippen LogP contribution in [0.2, 0.25) is 0 Å². The van der Waals surface area contributed by atoms with Crippen molar-refractivity contribution in [2.45, 2.75) is 0 Å². The second kappa shape index (κ2) is 6.68. The fraction of sp³-hybridized carbons (Fsp3) is 0.250. The van der Waals surface area contributed by atoms with Gasteiger partial charge in [-0.2, -0.15) is 0 Å². The van der Waals surface area contributed by atoms with Crippen molar-refractivity contribution in [1.82, 2.24) is 0 Å². The minimum Gasteiger partial charge on any atom is -1.00 e. The topological polar surface area (TPSA) is 12.0 Å². The van der Waals surface area contributed by atoms with Crippen molar-refractivity contribution in [1.29, 1.82) is 0 Å². The van der Waals surface area contributed by atoms with Crippen LogP contribution in [-0.2, 0) is 0 Å². The zero-order chi connectivity index (χ0) is 7.23. The molecule has 1 nitrogen and oxygen atoms in total. The average Bonchev–Trinajstić information content (AvgIpc) is 2.03. The van der Waals surface area contributed by atoms with E-state index in [1.54, 1.807) is 0 Å². The molecule has 1 rings (SSSR count). The Labute approximate surface area is 86.1 Å². The summed E-state index contributed by atoms with van der Waals surface area (Å²) in [5.41, 5.74) is 1.18. The number of halogens is 2. The van der Waals surface area contributed by atoms with Crippen LogP contribution in [0.1, 0.15) is 0 Å². The SMILES string of the molecule is BrCCNc1ccccc1.[Br-]. The molecule has 0 spiro atoms. The minimum absolute atomic E-state index is 0. The first kappa shape index (κ1) is 11.0. The molecule has 0 atom stereocenters. The van der Waals surface area contributed by atoms with E-state index in [1.807, 2.05) is 18.2 Å². The predicted molar refractivity (Wildman–Crippen MR) is 48.7 cm³/mol. The molecule has 0 aliphatic heterocycles. The van der Waals surface area contributed by atoms with Gasteiger partial charge in [-0.3, -0.25) is 0 Å². The Hall–Kier alpha value is -0.0200. The maximum absolute atomic E-state index is 3.34. The number of para-hydroxylation sites is 1. The van der Waals surface area contributed by atoms with Gasteiger partial charge in [0.1, 0.15) is 0 Å². The maximum atomic E-state index is 3.34. The molecule has 3 heteroatoms. The van der Waals surface area contributed by atoms with E-state index in [4.69, 9.17) is 0 Å². The van der Waals surface area contributed by atoms with Gasteiger partial charge in [0.15, 0.2) is 0 Å². The zero-order valence-electron chi connectivity index (χ0n) is 6.06. The lowest BCUT2D eigenvalue weighted by Crippen LogP contribution is -3.00. The van der Waals surface area contributed by atoms with Gasteiger partial charge in [0.2, 0.25) is 0 Å². The van der Waals surface area contributed by atoms with Gasteiger partial charge in [-0.05, 0) is 12.1 Å². The van der Waals surface area contributed by atoms with Crippen LogP contribution in [0.4, 0.5) is 5.69 Å². The van der Waals surface area contributed by atoms with E-state index in [0.717, 1.165) is 11.9 Å². The van der Waals surface area contributed by atoms with Gasteiger partial charge >= 0.3 is 0 Å². The predicted octanol–water partition coefficient (Wildman–Crippen LogP) is -0.503. The van der Waals surface area contributed by atoms with Crippen LogP contribution in [0.5, 0.6) is 0 Å². The van der Waals surface area contributed by atoms with Gasteiger partial charge in [-0.1, -0.05) is 34.1 Å². The molecule has 0 aliphatic carbocycles. The Bertz CT molecular complexity index is 177. The second-order valence-electron chi connectivity index (χ2n) is 1.98. The number of hydrogen-bond donors (Lipinski definition) is 1. The summed E-state index contributed by atoms with van der Waals surface area (Å²) in [6.07, 6.45) is 0. The highest BCUT2D eigenvalue weighted by molar-refractivity contribution is 9.09. The number of rotatable bonds is 3. The van der Waals surface area contributed by atoms with Gasteiger partial charge in [0, 0.05) is 17.6 Å². The molecule has 0 fully saturated rings. The minimum atomic E-state index is 0. The van der Waals surface area contributed by atoms with Gasteiger partial charge < -0.3 is 22.3 Å². The normalized spacial score (nSPS) is 8.45. The van der Waals surface area contributed by atoms with Crippen LogP contribution in [0.3, 0.4) is 0 Å². The lowest BCUT2D eigenvalue weighted by molar-refractivity contribution is -0.00000191. The Morgan fingerprint density at radius 1 is 1.18 bits per heavy atom. The second-order valence-corrected chi connectivity index (χ2v) is 2.77. The fourth-order valence-electron chi connectivity index (χ4n) is 0.748. The molecule has 0 unspecified atom stereocenters. The first-order valence-corrected chi connectivity index (χ1v) is 4.40. The summed E-state index contributed by atoms with van der Waals surface area (Å²) >= 11 is 3.34. The first-order valence-electron chi connectivity index (χ1n) is 3.28. The average molecular weight is 280 g/mol. The van der Waals surface area contributed by atoms with Gasteiger partial charge in [-0.25, -0.2) is 0 Å². The van der Waals surface area contributed by atoms with Crippen LogP contribution in [-0.4, -0.2) is 11.9 Å². The summed E-state index contributed by atoms with van der Waals surface area (Å²) in [5.74, 6) is 0. The molecular formula is C8H10Br2N-. The Morgan fingerprint density at radius 3 is 2.36 bits per heavy atom. The highest BCUT2D eigenvalue weighted by atomic mass is 79.9. The molecule has 1 N–H and O–H groups in total. The van der Waals surface area contributed by atoms with Crippen LogP contribution in [0.15, 0.2) is 30.3 Å². The van der Waals surface area contributed by atoms with Crippen LogP contribution >= 0.6 is 15.9 Å². The summed E-state index contributed by atoms with van der Waals surface area (Å²) in [6.45, 7) is 0.976. The monoisotopic (exact) mass is 278 g/mol. The molecule has 0 aliphatic rings. The molecule has 0 amide bonds. The van der Waals surface area contributed by atoms with Crippen molar-refractivity contribution >= 4 is 21.6 Å². The molecule has 0 bridgehead atoms.